The number of benzene rings is 3. The highest BCUT2D eigenvalue weighted by atomic mass is 32.2. The first-order chi connectivity index (χ1) is 10.3. The van der Waals surface area contributed by atoms with Crippen LogP contribution in [0.2, 0.25) is 0 Å². The van der Waals surface area contributed by atoms with Gasteiger partial charge in [0.2, 0.25) is 0 Å². The molecule has 0 spiro atoms. The van der Waals surface area contributed by atoms with E-state index in [1.165, 1.54) is 19.6 Å². The normalized spacial score (nSPS) is 10.5. The van der Waals surface area contributed by atoms with Gasteiger partial charge in [0.1, 0.15) is 0 Å². The molecule has 0 fully saturated rings. The van der Waals surface area contributed by atoms with Gasteiger partial charge in [0, 0.05) is 24.5 Å². The Morgan fingerprint density at radius 3 is 1.76 bits per heavy atom. The second-order valence-electron chi connectivity index (χ2n) is 4.43. The predicted molar refractivity (Wildman–Crippen MR) is 94.8 cm³/mol. The highest BCUT2D eigenvalue weighted by Gasteiger charge is 2.09. The topological polar surface area (TPSA) is 0 Å². The van der Waals surface area contributed by atoms with Gasteiger partial charge in [-0.25, -0.2) is 0 Å². The first-order valence-corrected chi connectivity index (χ1v) is 8.69. The number of rotatable bonds is 4. The van der Waals surface area contributed by atoms with E-state index in [1.807, 2.05) is 18.2 Å². The monoisotopic (exact) mass is 326 g/mol. The van der Waals surface area contributed by atoms with Crippen molar-refractivity contribution in [1.29, 1.82) is 0 Å². The van der Waals surface area contributed by atoms with Crippen molar-refractivity contribution in [2.45, 2.75) is 24.5 Å². The summed E-state index contributed by atoms with van der Waals surface area (Å²) in [5.74, 6) is 0. The van der Waals surface area contributed by atoms with Crippen LogP contribution in [-0.2, 0) is 0 Å². The van der Waals surface area contributed by atoms with Crippen LogP contribution < -0.4 is 0 Å². The molecular weight excluding hydrogens is 312 g/mol. The lowest BCUT2D eigenvalue weighted by atomic mass is 10.3. The van der Waals surface area contributed by atoms with Gasteiger partial charge in [-0.1, -0.05) is 66.0 Å². The van der Waals surface area contributed by atoms with Crippen LogP contribution in [0.5, 0.6) is 0 Å². The molecule has 0 nitrogen and oxygen atoms in total. The van der Waals surface area contributed by atoms with Gasteiger partial charge in [-0.05, 0) is 36.4 Å². The average Bonchev–Trinajstić information content (AvgIpc) is 2.53. The fourth-order valence-corrected chi connectivity index (χ4v) is 4.34. The minimum absolute atomic E-state index is 1.02. The van der Waals surface area contributed by atoms with E-state index in [2.05, 4.69) is 73.3 Å². The van der Waals surface area contributed by atoms with E-state index in [0.717, 1.165) is 4.90 Å². The molecule has 3 aromatic carbocycles. The van der Waals surface area contributed by atoms with Gasteiger partial charge >= 0.3 is 0 Å². The standard InChI is InChI=1S/C18H14S3/c19-16-12-7-13-17(20-14-8-3-1-4-9-14)18(16)21-15-10-5-2-6-11-15/h1-13,19H. The van der Waals surface area contributed by atoms with Crippen molar-refractivity contribution in [3.05, 3.63) is 78.9 Å². The van der Waals surface area contributed by atoms with Gasteiger partial charge in [0.25, 0.3) is 0 Å². The molecule has 0 heterocycles. The quantitative estimate of drug-likeness (QED) is 0.560. The molecule has 0 aliphatic heterocycles. The molecule has 0 bridgehead atoms. The SMILES string of the molecule is Sc1cccc(Sc2ccccc2)c1Sc1ccccc1. The third kappa shape index (κ3) is 3.88. The van der Waals surface area contributed by atoms with Crippen molar-refractivity contribution < 1.29 is 0 Å². The van der Waals surface area contributed by atoms with Crippen molar-refractivity contribution in [2.24, 2.45) is 0 Å². The number of hydrogen-bond acceptors (Lipinski definition) is 3. The maximum absolute atomic E-state index is 4.63. The van der Waals surface area contributed by atoms with Gasteiger partial charge in [-0.3, -0.25) is 0 Å². The van der Waals surface area contributed by atoms with Gasteiger partial charge in [0.05, 0.1) is 0 Å². The van der Waals surface area contributed by atoms with Crippen molar-refractivity contribution in [2.75, 3.05) is 0 Å². The summed E-state index contributed by atoms with van der Waals surface area (Å²) in [6, 6.07) is 27.1. The highest BCUT2D eigenvalue weighted by molar-refractivity contribution is 8.02. The maximum atomic E-state index is 4.63. The van der Waals surface area contributed by atoms with Crippen LogP contribution >= 0.6 is 36.2 Å². The minimum Gasteiger partial charge on any atom is -0.142 e. The van der Waals surface area contributed by atoms with Crippen molar-refractivity contribution in [3.8, 4) is 0 Å². The largest absolute Gasteiger partial charge is 0.142 e. The summed E-state index contributed by atoms with van der Waals surface area (Å²) in [5, 5.41) is 0. The van der Waals surface area contributed by atoms with Gasteiger partial charge < -0.3 is 0 Å². The Bertz CT molecular complexity index is 709. The van der Waals surface area contributed by atoms with Crippen LogP contribution in [0.3, 0.4) is 0 Å². The lowest BCUT2D eigenvalue weighted by molar-refractivity contribution is 1.12. The Balaban J connectivity index is 1.92. The Morgan fingerprint density at radius 1 is 0.571 bits per heavy atom. The van der Waals surface area contributed by atoms with Crippen LogP contribution in [0.4, 0.5) is 0 Å². The van der Waals surface area contributed by atoms with Crippen LogP contribution in [0.25, 0.3) is 0 Å². The minimum atomic E-state index is 1.02. The average molecular weight is 327 g/mol. The molecule has 3 heteroatoms. The van der Waals surface area contributed by atoms with Crippen LogP contribution in [0.15, 0.2) is 103 Å². The summed E-state index contributed by atoms with van der Waals surface area (Å²) in [6.45, 7) is 0. The molecule has 0 aliphatic carbocycles. The van der Waals surface area contributed by atoms with Gasteiger partial charge in [0.15, 0.2) is 0 Å². The Labute approximate surface area is 139 Å². The van der Waals surface area contributed by atoms with E-state index in [4.69, 9.17) is 0 Å². The second kappa shape index (κ2) is 7.12. The first-order valence-electron chi connectivity index (χ1n) is 6.61. The van der Waals surface area contributed by atoms with E-state index < -0.39 is 0 Å². The molecule has 104 valence electrons. The summed E-state index contributed by atoms with van der Waals surface area (Å²) in [7, 11) is 0. The zero-order chi connectivity index (χ0) is 14.5. The molecule has 0 saturated carbocycles. The lowest BCUT2D eigenvalue weighted by Gasteiger charge is -2.11. The van der Waals surface area contributed by atoms with E-state index in [9.17, 15) is 0 Å². The van der Waals surface area contributed by atoms with Crippen molar-refractivity contribution >= 4 is 36.2 Å². The third-order valence-electron chi connectivity index (χ3n) is 2.89. The summed E-state index contributed by atoms with van der Waals surface area (Å²) >= 11 is 8.17. The smallest absolute Gasteiger partial charge is 0.0395 e. The van der Waals surface area contributed by atoms with Gasteiger partial charge in [-0.15, -0.1) is 12.6 Å². The summed E-state index contributed by atoms with van der Waals surface area (Å²) in [5.41, 5.74) is 0. The fraction of sp³-hybridized carbons (Fsp3) is 0. The maximum Gasteiger partial charge on any atom is 0.0395 e. The number of hydrogen-bond donors (Lipinski definition) is 1. The van der Waals surface area contributed by atoms with E-state index in [0.29, 0.717) is 0 Å². The molecule has 21 heavy (non-hydrogen) atoms. The summed E-state index contributed by atoms with van der Waals surface area (Å²) in [6.07, 6.45) is 0. The zero-order valence-electron chi connectivity index (χ0n) is 11.3. The zero-order valence-corrected chi connectivity index (χ0v) is 13.8. The molecule has 3 aromatic rings. The summed E-state index contributed by atoms with van der Waals surface area (Å²) < 4.78 is 0. The lowest BCUT2D eigenvalue weighted by Crippen LogP contribution is -1.82. The Kier molecular flexibility index (Phi) is 4.96. The fourth-order valence-electron chi connectivity index (χ4n) is 1.91. The molecule has 0 unspecified atom stereocenters. The predicted octanol–water partition coefficient (Wildman–Crippen LogP) is 6.28. The van der Waals surface area contributed by atoms with E-state index in [1.54, 1.807) is 23.5 Å². The highest BCUT2D eigenvalue weighted by Crippen LogP contribution is 2.41. The third-order valence-corrected chi connectivity index (χ3v) is 5.77. The Hall–Kier alpha value is -1.29. The number of thiol groups is 1. The molecule has 0 amide bonds. The van der Waals surface area contributed by atoms with Crippen LogP contribution in [-0.4, -0.2) is 0 Å². The molecular formula is C18H14S3. The molecule has 0 aromatic heterocycles. The van der Waals surface area contributed by atoms with E-state index >= 15 is 0 Å². The Morgan fingerprint density at radius 2 is 1.14 bits per heavy atom. The molecule has 0 radical (unpaired) electrons. The second-order valence-corrected chi connectivity index (χ2v) is 7.12. The molecule has 0 saturated heterocycles. The molecule has 0 aliphatic rings. The summed E-state index contributed by atoms with van der Waals surface area (Å²) in [4.78, 5) is 5.94. The first kappa shape index (κ1) is 14.6. The van der Waals surface area contributed by atoms with Crippen LogP contribution in [0, 0.1) is 0 Å². The van der Waals surface area contributed by atoms with E-state index in [-0.39, 0.29) is 0 Å². The molecule has 3 rings (SSSR count). The van der Waals surface area contributed by atoms with Gasteiger partial charge in [-0.2, -0.15) is 0 Å². The molecule has 0 atom stereocenters. The van der Waals surface area contributed by atoms with Crippen molar-refractivity contribution in [1.82, 2.24) is 0 Å². The van der Waals surface area contributed by atoms with Crippen molar-refractivity contribution in [3.63, 3.8) is 0 Å². The van der Waals surface area contributed by atoms with Crippen LogP contribution in [0.1, 0.15) is 0 Å². The molecule has 0 N–H and O–H groups in total.